The van der Waals surface area contributed by atoms with E-state index in [2.05, 4.69) is 9.98 Å². The van der Waals surface area contributed by atoms with Gasteiger partial charge in [0.2, 0.25) is 6.41 Å². The molecule has 1 amide bonds. The van der Waals surface area contributed by atoms with Crippen LogP contribution in [0.25, 0.3) is 11.1 Å². The maximum absolute atomic E-state index is 11.0. The maximum Gasteiger partial charge on any atom is 0.216 e. The summed E-state index contributed by atoms with van der Waals surface area (Å²) in [6.07, 6.45) is 5.32. The molecule has 1 aromatic heterocycles. The lowest BCUT2D eigenvalue weighted by molar-refractivity contribution is -0.114. The van der Waals surface area contributed by atoms with E-state index in [0.29, 0.717) is 24.5 Å². The molecule has 1 aromatic carbocycles. The molecule has 2 N–H and O–H groups in total. The third kappa shape index (κ3) is 4.61. The third-order valence-electron chi connectivity index (χ3n) is 4.64. The molecule has 0 radical (unpaired) electrons. The van der Waals surface area contributed by atoms with Gasteiger partial charge in [0.15, 0.2) is 5.96 Å². The Morgan fingerprint density at radius 3 is 2.96 bits per heavy atom. The van der Waals surface area contributed by atoms with Crippen LogP contribution < -0.4 is 10.5 Å². The summed E-state index contributed by atoms with van der Waals surface area (Å²) in [5.41, 5.74) is 8.75. The van der Waals surface area contributed by atoms with Crippen molar-refractivity contribution in [2.45, 2.75) is 25.0 Å². The Kier molecular flexibility index (Phi) is 6.49. The van der Waals surface area contributed by atoms with Gasteiger partial charge in [-0.15, -0.1) is 0 Å². The number of ether oxygens (including phenoxy) is 2. The summed E-state index contributed by atoms with van der Waals surface area (Å²) in [5.74, 6) is 0.912. The molecule has 2 heterocycles. The normalized spacial score (nSPS) is 18.9. The van der Waals surface area contributed by atoms with E-state index in [9.17, 15) is 4.79 Å². The highest BCUT2D eigenvalue weighted by molar-refractivity contribution is 6.30. The number of methoxy groups -OCH3 is 1. The number of guanidine groups is 1. The Morgan fingerprint density at radius 2 is 2.25 bits per heavy atom. The first-order valence-electron chi connectivity index (χ1n) is 8.93. The lowest BCUT2D eigenvalue weighted by atomic mass is 9.93. The maximum atomic E-state index is 11.0. The van der Waals surface area contributed by atoms with Crippen molar-refractivity contribution in [3.63, 3.8) is 0 Å². The Balaban J connectivity index is 1.99. The average molecular weight is 403 g/mol. The molecule has 7 nitrogen and oxygen atoms in total. The molecule has 3 rings (SSSR count). The Morgan fingerprint density at radius 1 is 1.43 bits per heavy atom. The van der Waals surface area contributed by atoms with Crippen molar-refractivity contribution >= 4 is 24.0 Å². The van der Waals surface area contributed by atoms with Crippen LogP contribution in [-0.2, 0) is 9.53 Å². The van der Waals surface area contributed by atoms with Crippen LogP contribution in [0.1, 0.15) is 24.4 Å². The van der Waals surface area contributed by atoms with E-state index in [4.69, 9.17) is 26.8 Å². The van der Waals surface area contributed by atoms with Gasteiger partial charge in [-0.3, -0.25) is 14.7 Å². The molecule has 0 fully saturated rings. The van der Waals surface area contributed by atoms with Crippen molar-refractivity contribution in [3.05, 3.63) is 47.2 Å². The minimum Gasteiger partial charge on any atom is -0.490 e. The van der Waals surface area contributed by atoms with Crippen molar-refractivity contribution in [3.8, 4) is 16.9 Å². The van der Waals surface area contributed by atoms with Crippen molar-refractivity contribution < 1.29 is 14.3 Å². The number of pyridine rings is 1. The Labute approximate surface area is 169 Å². The number of halogens is 1. The summed E-state index contributed by atoms with van der Waals surface area (Å²) >= 11 is 6.08. The van der Waals surface area contributed by atoms with Gasteiger partial charge in [0.1, 0.15) is 11.9 Å². The van der Waals surface area contributed by atoms with Gasteiger partial charge in [-0.2, -0.15) is 0 Å². The van der Waals surface area contributed by atoms with Crippen LogP contribution in [0.15, 0.2) is 41.7 Å². The molecule has 8 heteroatoms. The van der Waals surface area contributed by atoms with Crippen LogP contribution in [0.3, 0.4) is 0 Å². The summed E-state index contributed by atoms with van der Waals surface area (Å²) < 4.78 is 11.3. The zero-order chi connectivity index (χ0) is 20.1. The standard InChI is InChI=1S/C20H23ClN4O3/c1-25(12-26)20(22)24-18-9-16(5-6-27-2)28-19-4-3-13(8-17(18)19)14-7-15(21)11-23-10-14/h3-4,7-8,10-12,16,18H,5-6,9H2,1-2H3,(H2,22,24)/t16-,18?/m0/s1. The van der Waals surface area contributed by atoms with Crippen LogP contribution in [-0.4, -0.2) is 49.1 Å². The van der Waals surface area contributed by atoms with Gasteiger partial charge in [0.25, 0.3) is 0 Å². The van der Waals surface area contributed by atoms with E-state index in [0.717, 1.165) is 28.9 Å². The number of fused-ring (bicyclic) bond motifs is 1. The molecule has 28 heavy (non-hydrogen) atoms. The first-order chi connectivity index (χ1) is 13.5. The highest BCUT2D eigenvalue weighted by atomic mass is 35.5. The minimum absolute atomic E-state index is 0.0470. The van der Waals surface area contributed by atoms with Crippen LogP contribution >= 0.6 is 11.6 Å². The molecule has 0 bridgehead atoms. The molecule has 2 atom stereocenters. The highest BCUT2D eigenvalue weighted by Gasteiger charge is 2.29. The fourth-order valence-corrected chi connectivity index (χ4v) is 3.30. The van der Waals surface area contributed by atoms with Gasteiger partial charge in [-0.1, -0.05) is 17.7 Å². The zero-order valence-electron chi connectivity index (χ0n) is 15.8. The number of nitrogens with zero attached hydrogens (tertiary/aromatic N) is 3. The lowest BCUT2D eigenvalue weighted by Gasteiger charge is -2.31. The van der Waals surface area contributed by atoms with E-state index < -0.39 is 0 Å². The minimum atomic E-state index is -0.236. The number of aliphatic imine (C=N–C) groups is 1. The van der Waals surface area contributed by atoms with Crippen LogP contribution in [0, 0.1) is 0 Å². The molecule has 2 aromatic rings. The monoisotopic (exact) mass is 402 g/mol. The number of rotatable bonds is 6. The molecule has 0 aliphatic carbocycles. The predicted octanol–water partition coefficient (Wildman–Crippen LogP) is 3.03. The fourth-order valence-electron chi connectivity index (χ4n) is 3.12. The predicted molar refractivity (Wildman–Crippen MR) is 108 cm³/mol. The summed E-state index contributed by atoms with van der Waals surface area (Å²) in [6.45, 7) is 0.590. The smallest absolute Gasteiger partial charge is 0.216 e. The molecule has 0 saturated heterocycles. The third-order valence-corrected chi connectivity index (χ3v) is 4.85. The number of carbonyl (C=O) groups excluding carboxylic acids is 1. The summed E-state index contributed by atoms with van der Waals surface area (Å²) in [7, 11) is 3.23. The first kappa shape index (κ1) is 20.1. The molecule has 148 valence electrons. The van der Waals surface area contributed by atoms with E-state index >= 15 is 0 Å². The number of hydrogen-bond acceptors (Lipinski definition) is 5. The Bertz CT molecular complexity index is 874. The molecule has 0 saturated carbocycles. The van der Waals surface area contributed by atoms with Crippen molar-refractivity contribution in [2.24, 2.45) is 10.7 Å². The number of carbonyl (C=O) groups is 1. The largest absolute Gasteiger partial charge is 0.490 e. The number of hydrogen-bond donors (Lipinski definition) is 1. The van der Waals surface area contributed by atoms with E-state index in [1.807, 2.05) is 24.3 Å². The van der Waals surface area contributed by atoms with Gasteiger partial charge in [-0.05, 0) is 23.8 Å². The van der Waals surface area contributed by atoms with Crippen molar-refractivity contribution in [1.82, 2.24) is 9.88 Å². The van der Waals surface area contributed by atoms with Crippen LogP contribution in [0.2, 0.25) is 5.02 Å². The summed E-state index contributed by atoms with van der Waals surface area (Å²) in [4.78, 5) is 21.0. The van der Waals surface area contributed by atoms with Gasteiger partial charge in [-0.25, -0.2) is 4.99 Å². The highest BCUT2D eigenvalue weighted by Crippen LogP contribution is 2.40. The summed E-state index contributed by atoms with van der Waals surface area (Å²) in [5, 5.41) is 0.567. The van der Waals surface area contributed by atoms with Crippen LogP contribution in [0.4, 0.5) is 0 Å². The van der Waals surface area contributed by atoms with Gasteiger partial charge in [0.05, 0.1) is 11.1 Å². The average Bonchev–Trinajstić information content (AvgIpc) is 2.71. The van der Waals surface area contributed by atoms with Crippen molar-refractivity contribution in [2.75, 3.05) is 20.8 Å². The molecule has 1 unspecified atom stereocenters. The molecule has 0 spiro atoms. The quantitative estimate of drug-likeness (QED) is 0.455. The number of benzene rings is 1. The first-order valence-corrected chi connectivity index (χ1v) is 9.31. The fraction of sp³-hybridized carbons (Fsp3) is 0.350. The molecule has 1 aliphatic heterocycles. The second kappa shape index (κ2) is 9.03. The van der Waals surface area contributed by atoms with E-state index in [1.54, 1.807) is 26.6 Å². The molecular weight excluding hydrogens is 380 g/mol. The topological polar surface area (TPSA) is 90.0 Å². The van der Waals surface area contributed by atoms with Gasteiger partial charge < -0.3 is 15.2 Å². The van der Waals surface area contributed by atoms with Crippen LogP contribution in [0.5, 0.6) is 5.75 Å². The number of amides is 1. The zero-order valence-corrected chi connectivity index (χ0v) is 16.6. The van der Waals surface area contributed by atoms with Crippen molar-refractivity contribution in [1.29, 1.82) is 0 Å². The van der Waals surface area contributed by atoms with Gasteiger partial charge in [0, 0.05) is 57.1 Å². The molecule has 1 aliphatic rings. The number of aromatic nitrogens is 1. The molecular formula is C20H23ClN4O3. The lowest BCUT2D eigenvalue weighted by Crippen LogP contribution is -2.34. The Hall–Kier alpha value is -2.64. The van der Waals surface area contributed by atoms with Gasteiger partial charge >= 0.3 is 0 Å². The SMILES string of the molecule is COCC[C@H]1CC(N=C(N)N(C)C=O)c2cc(-c3cncc(Cl)c3)ccc2O1. The second-order valence-electron chi connectivity index (χ2n) is 6.62. The summed E-state index contributed by atoms with van der Waals surface area (Å²) in [6, 6.07) is 7.52. The second-order valence-corrected chi connectivity index (χ2v) is 7.06. The number of nitrogens with two attached hydrogens (primary N) is 1. The van der Waals surface area contributed by atoms with E-state index in [-0.39, 0.29) is 18.1 Å². The van der Waals surface area contributed by atoms with E-state index in [1.165, 1.54) is 4.90 Å².